The van der Waals surface area contributed by atoms with Crippen LogP contribution in [0.25, 0.3) is 210 Å². The molecule has 22 aromatic rings. The van der Waals surface area contributed by atoms with Gasteiger partial charge in [-0.3, -0.25) is 0 Å². The average Bonchev–Trinajstić information content (AvgIpc) is 1.21. The smallest absolute Gasteiger partial charge is 0.167 e. The van der Waals surface area contributed by atoms with Gasteiger partial charge in [0.1, 0.15) is 22.3 Å². The van der Waals surface area contributed by atoms with E-state index >= 15 is 0 Å². The van der Waals surface area contributed by atoms with Gasteiger partial charge < -0.3 is 18.6 Å². The van der Waals surface area contributed by atoms with E-state index in [-0.39, 0.29) is 0 Å². The minimum Gasteiger partial charge on any atom is -0.456 e. The molecule has 6 heterocycles. The Bertz CT molecular complexity index is 7790. The largest absolute Gasteiger partial charge is 0.456 e. The first-order valence-electron chi connectivity index (χ1n) is 37.8. The van der Waals surface area contributed by atoms with E-state index in [9.17, 15) is 0 Å². The lowest BCUT2D eigenvalue weighted by Gasteiger charge is -2.36. The highest BCUT2D eigenvalue weighted by molar-refractivity contribution is 6.24. The number of rotatable bonds is 9. The molecule has 2 aliphatic heterocycles. The Morgan fingerprint density at radius 1 is 0.196 bits per heavy atom. The van der Waals surface area contributed by atoms with Gasteiger partial charge in [0.25, 0.3) is 0 Å². The van der Waals surface area contributed by atoms with Crippen molar-refractivity contribution in [2.75, 3.05) is 9.80 Å². The molecule has 4 aromatic heterocycles. The molecule has 518 valence electrons. The molecule has 0 saturated heterocycles. The van der Waals surface area contributed by atoms with Gasteiger partial charge in [0, 0.05) is 81.9 Å². The van der Waals surface area contributed by atoms with Gasteiger partial charge in [-0.05, 0) is 127 Å². The van der Waals surface area contributed by atoms with E-state index in [0.717, 1.165) is 160 Å². The molecule has 0 N–H and O–H groups in total. The lowest BCUT2D eigenvalue weighted by Crippen LogP contribution is -2.17. The predicted octanol–water partition coefficient (Wildman–Crippen LogP) is 27.3. The van der Waals surface area contributed by atoms with Crippen LogP contribution < -0.4 is 9.80 Å². The fraction of sp³-hybridized carbons (Fsp3) is 0. The van der Waals surface area contributed by atoms with E-state index in [0.29, 0.717) is 40.5 Å². The third-order valence-electron chi connectivity index (χ3n) is 23.0. The summed E-state index contributed by atoms with van der Waals surface area (Å²) in [5.74, 6) is 3.29. The Hall–Kier alpha value is -15.3. The summed E-state index contributed by atoms with van der Waals surface area (Å²) >= 11 is 0. The number of nitrogens with zero attached hydrogens (tertiary/aromatic N) is 8. The molecule has 0 saturated carbocycles. The van der Waals surface area contributed by atoms with E-state index in [1.54, 1.807) is 0 Å². The van der Waals surface area contributed by atoms with Crippen LogP contribution in [0.15, 0.2) is 361 Å². The van der Waals surface area contributed by atoms with Crippen LogP contribution in [-0.2, 0) is 0 Å². The zero-order chi connectivity index (χ0) is 73.2. The molecule has 0 spiro atoms. The SMILES string of the molecule is c1ccc(-c2nc(-c3ccc4c(c3)oc3ccccc34)nc(-c3c(N4c5c(ccc6cc(-c7ccc8oc9c(-c%10nc(-c%11ccccc%11)nc(-c%11cccc%12c(N%13c%14c(ccc%15ccccc%14%15)-c%14cccc%15cccc%13c%14%15)cccc%11%12)n%10)cccc9c8c7)ccc56)-c5cccc6cccc4c56)ccc4ccccc34)n2)cc1. The molecule has 10 heteroatoms. The quantitative estimate of drug-likeness (QED) is 0.139. The Morgan fingerprint density at radius 3 is 1.38 bits per heavy atom. The molecule has 0 fully saturated rings. The first-order valence-corrected chi connectivity index (χ1v) is 37.8. The van der Waals surface area contributed by atoms with Gasteiger partial charge in [-0.1, -0.05) is 285 Å². The van der Waals surface area contributed by atoms with E-state index in [2.05, 4.69) is 307 Å². The van der Waals surface area contributed by atoms with Crippen molar-refractivity contribution in [3.05, 3.63) is 352 Å². The van der Waals surface area contributed by atoms with E-state index in [1.807, 2.05) is 54.6 Å². The van der Waals surface area contributed by atoms with Gasteiger partial charge in [-0.2, -0.15) is 0 Å². The minimum absolute atomic E-state index is 0.510. The number of hydrogen-bond acceptors (Lipinski definition) is 10. The first-order chi connectivity index (χ1) is 55.5. The maximum atomic E-state index is 7.04. The molecule has 2 aliphatic rings. The molecule has 112 heavy (non-hydrogen) atoms. The Morgan fingerprint density at radius 2 is 0.652 bits per heavy atom. The lowest BCUT2D eigenvalue weighted by atomic mass is 9.87. The molecule has 0 unspecified atom stereocenters. The van der Waals surface area contributed by atoms with Crippen LogP contribution >= 0.6 is 0 Å². The molecule has 0 radical (unpaired) electrons. The molecule has 0 aliphatic carbocycles. The van der Waals surface area contributed by atoms with Gasteiger partial charge in [-0.25, -0.2) is 29.9 Å². The minimum atomic E-state index is 0.510. The summed E-state index contributed by atoms with van der Waals surface area (Å²) in [6, 6.07) is 125. The fourth-order valence-corrected chi connectivity index (χ4v) is 17.9. The molecular weight excluding hydrogens is 1370 g/mol. The third-order valence-corrected chi connectivity index (χ3v) is 23.0. The van der Waals surface area contributed by atoms with E-state index < -0.39 is 0 Å². The molecule has 10 nitrogen and oxygen atoms in total. The fourth-order valence-electron chi connectivity index (χ4n) is 17.9. The van der Waals surface area contributed by atoms with Crippen LogP contribution in [0.3, 0.4) is 0 Å². The molecule has 18 aromatic carbocycles. The van der Waals surface area contributed by atoms with Gasteiger partial charge in [0.2, 0.25) is 0 Å². The van der Waals surface area contributed by atoms with Crippen molar-refractivity contribution < 1.29 is 8.83 Å². The van der Waals surface area contributed by atoms with Crippen LogP contribution in [0.4, 0.5) is 34.1 Å². The first kappa shape index (κ1) is 61.8. The average molecular weight is 1430 g/mol. The highest BCUT2D eigenvalue weighted by atomic mass is 16.3. The van der Waals surface area contributed by atoms with Crippen LogP contribution in [0.2, 0.25) is 0 Å². The van der Waals surface area contributed by atoms with Crippen molar-refractivity contribution in [1.29, 1.82) is 0 Å². The van der Waals surface area contributed by atoms with Crippen LogP contribution in [0.5, 0.6) is 0 Å². The number of hydrogen-bond donors (Lipinski definition) is 0. The number of benzene rings is 18. The zero-order valence-electron chi connectivity index (χ0n) is 59.9. The zero-order valence-corrected chi connectivity index (χ0v) is 59.9. The summed E-state index contributed by atoms with van der Waals surface area (Å²) in [7, 11) is 0. The summed E-state index contributed by atoms with van der Waals surface area (Å²) < 4.78 is 13.5. The van der Waals surface area contributed by atoms with Crippen molar-refractivity contribution in [2.45, 2.75) is 0 Å². The molecule has 0 atom stereocenters. The van der Waals surface area contributed by atoms with Gasteiger partial charge >= 0.3 is 0 Å². The van der Waals surface area contributed by atoms with E-state index in [4.69, 9.17) is 38.7 Å². The topological polar surface area (TPSA) is 110 Å². The van der Waals surface area contributed by atoms with Crippen LogP contribution in [0, 0.1) is 0 Å². The second-order valence-electron chi connectivity index (χ2n) is 29.1. The van der Waals surface area contributed by atoms with Crippen LogP contribution in [-0.4, -0.2) is 29.9 Å². The predicted molar refractivity (Wildman–Crippen MR) is 458 cm³/mol. The Balaban J connectivity index is 0.640. The standard InChI is InChI=1S/C102H58N8O2/c1-3-22-63(23-4-1)97-103-99(68-47-51-75-74-32-11-12-43-88(74)111-90(75)58-68)107-102(106-97)93-69-30-9-7-20-59(69)48-54-87(93)110-86-42-16-29-62-27-14-36-77(92(62)86)79-53-46-67-56-65(45-50-71(67)95(79)110)66-49-55-89-83(57-66)80-37-18-39-82(96(80)112-89)101-105-98(64-24-5-2-6-25-64)104-100(108-101)81-38-17-34-73-72(81)33-19-40-84(73)109-85-41-15-28-61-26-13-35-76(91(61)85)78-52-44-60-21-8-10-31-70(60)94(78)109/h1-58H. The highest BCUT2D eigenvalue weighted by Crippen LogP contribution is 2.58. The Kier molecular flexibility index (Phi) is 13.3. The Labute approximate surface area is 640 Å². The van der Waals surface area contributed by atoms with Gasteiger partial charge in [0.15, 0.2) is 34.9 Å². The molecular formula is C102H58N8O2. The van der Waals surface area contributed by atoms with Crippen molar-refractivity contribution in [1.82, 2.24) is 29.9 Å². The highest BCUT2D eigenvalue weighted by Gasteiger charge is 2.34. The summed E-state index contributed by atoms with van der Waals surface area (Å²) in [6.45, 7) is 0. The molecule has 0 bridgehead atoms. The van der Waals surface area contributed by atoms with Crippen molar-refractivity contribution >= 4 is 143 Å². The van der Waals surface area contributed by atoms with Gasteiger partial charge in [0.05, 0.1) is 45.3 Å². The number of para-hydroxylation sites is 2. The maximum Gasteiger partial charge on any atom is 0.167 e. The van der Waals surface area contributed by atoms with Crippen LogP contribution in [0.1, 0.15) is 0 Å². The van der Waals surface area contributed by atoms with Crippen molar-refractivity contribution in [3.8, 4) is 102 Å². The normalized spacial score (nSPS) is 12.4. The van der Waals surface area contributed by atoms with Crippen molar-refractivity contribution in [2.24, 2.45) is 0 Å². The number of furan rings is 2. The number of anilines is 6. The molecule has 24 rings (SSSR count). The maximum absolute atomic E-state index is 7.04. The summed E-state index contributed by atoms with van der Waals surface area (Å²) in [5, 5.41) is 17.5. The second-order valence-corrected chi connectivity index (χ2v) is 29.1. The summed E-state index contributed by atoms with van der Waals surface area (Å²) in [6.07, 6.45) is 0. The number of aromatic nitrogens is 6. The lowest BCUT2D eigenvalue weighted by molar-refractivity contribution is 0.669. The monoisotopic (exact) mass is 1430 g/mol. The summed E-state index contributed by atoms with van der Waals surface area (Å²) in [4.78, 5) is 37.4. The number of fused-ring (bicyclic) bond motifs is 16. The summed E-state index contributed by atoms with van der Waals surface area (Å²) in [5.41, 5.74) is 21.4. The van der Waals surface area contributed by atoms with E-state index in [1.165, 1.54) is 43.6 Å². The van der Waals surface area contributed by atoms with Crippen molar-refractivity contribution in [3.63, 3.8) is 0 Å². The molecule has 0 amide bonds. The second kappa shape index (κ2) is 24.1. The third kappa shape index (κ3) is 9.39. The van der Waals surface area contributed by atoms with Gasteiger partial charge in [-0.15, -0.1) is 0 Å².